The fourth-order valence-electron chi connectivity index (χ4n) is 2.51. The molecule has 0 spiro atoms. The second-order valence-corrected chi connectivity index (χ2v) is 6.74. The van der Waals surface area contributed by atoms with Gasteiger partial charge in [0, 0.05) is 42.3 Å². The standard InChI is InChI=1S/C18H22N4S/c1-4-22-11-15(9-19-22)10-21(3)12-17-13-23-18(20-17)16-7-5-14(2)6-8-16/h5-9,11,13H,4,10,12H2,1-3H3. The first-order chi connectivity index (χ1) is 11.1. The summed E-state index contributed by atoms with van der Waals surface area (Å²) in [5, 5.41) is 7.57. The lowest BCUT2D eigenvalue weighted by molar-refractivity contribution is 0.316. The number of rotatable bonds is 6. The number of thiazole rings is 1. The summed E-state index contributed by atoms with van der Waals surface area (Å²) in [6.45, 7) is 6.85. The molecule has 0 N–H and O–H groups in total. The highest BCUT2D eigenvalue weighted by Gasteiger charge is 2.08. The third-order valence-corrected chi connectivity index (χ3v) is 4.69. The van der Waals surface area contributed by atoms with E-state index in [9.17, 15) is 0 Å². The van der Waals surface area contributed by atoms with Gasteiger partial charge in [-0.2, -0.15) is 5.10 Å². The average Bonchev–Trinajstić information content (AvgIpc) is 3.17. The highest BCUT2D eigenvalue weighted by atomic mass is 32.1. The number of hydrogen-bond donors (Lipinski definition) is 0. The molecule has 3 rings (SSSR count). The number of hydrogen-bond acceptors (Lipinski definition) is 4. The summed E-state index contributed by atoms with van der Waals surface area (Å²) >= 11 is 1.71. The van der Waals surface area contributed by atoms with Crippen LogP contribution in [-0.2, 0) is 19.6 Å². The highest BCUT2D eigenvalue weighted by Crippen LogP contribution is 2.24. The van der Waals surface area contributed by atoms with E-state index in [4.69, 9.17) is 4.98 Å². The van der Waals surface area contributed by atoms with Gasteiger partial charge in [0.1, 0.15) is 5.01 Å². The zero-order valence-corrected chi connectivity index (χ0v) is 14.7. The van der Waals surface area contributed by atoms with E-state index in [2.05, 4.69) is 66.7 Å². The number of aromatic nitrogens is 3. The average molecular weight is 326 g/mol. The highest BCUT2D eigenvalue weighted by molar-refractivity contribution is 7.13. The van der Waals surface area contributed by atoms with Crippen LogP contribution in [0.3, 0.4) is 0 Å². The van der Waals surface area contributed by atoms with Gasteiger partial charge in [0.15, 0.2) is 0 Å². The molecule has 0 aliphatic carbocycles. The van der Waals surface area contributed by atoms with Crippen LogP contribution in [0.1, 0.15) is 23.7 Å². The van der Waals surface area contributed by atoms with Crippen LogP contribution in [0.25, 0.3) is 10.6 Å². The Balaban J connectivity index is 1.62. The van der Waals surface area contributed by atoms with Crippen molar-refractivity contribution >= 4 is 11.3 Å². The molecule has 0 aliphatic rings. The normalized spacial score (nSPS) is 11.3. The Morgan fingerprint density at radius 3 is 2.65 bits per heavy atom. The van der Waals surface area contributed by atoms with Crippen LogP contribution in [0.5, 0.6) is 0 Å². The Hall–Kier alpha value is -1.98. The summed E-state index contributed by atoms with van der Waals surface area (Å²) in [7, 11) is 2.12. The van der Waals surface area contributed by atoms with E-state index in [-0.39, 0.29) is 0 Å². The molecule has 5 heteroatoms. The Labute approximate surface area is 141 Å². The third kappa shape index (κ3) is 4.06. The van der Waals surface area contributed by atoms with Gasteiger partial charge in [-0.1, -0.05) is 29.8 Å². The van der Waals surface area contributed by atoms with Crippen molar-refractivity contribution in [3.8, 4) is 10.6 Å². The van der Waals surface area contributed by atoms with E-state index < -0.39 is 0 Å². The molecule has 0 radical (unpaired) electrons. The van der Waals surface area contributed by atoms with Gasteiger partial charge in [-0.25, -0.2) is 4.98 Å². The SMILES string of the molecule is CCn1cc(CN(C)Cc2csc(-c3ccc(C)cc3)n2)cn1. The molecule has 0 fully saturated rings. The van der Waals surface area contributed by atoms with Gasteiger partial charge in [-0.3, -0.25) is 9.58 Å². The predicted molar refractivity (Wildman–Crippen MR) is 95.4 cm³/mol. The first-order valence-corrected chi connectivity index (χ1v) is 8.73. The van der Waals surface area contributed by atoms with Crippen molar-refractivity contribution in [2.24, 2.45) is 0 Å². The molecule has 120 valence electrons. The van der Waals surface area contributed by atoms with Gasteiger partial charge in [-0.05, 0) is 20.9 Å². The Kier molecular flexibility index (Phi) is 4.88. The van der Waals surface area contributed by atoms with Crippen molar-refractivity contribution in [1.82, 2.24) is 19.7 Å². The summed E-state index contributed by atoms with van der Waals surface area (Å²) in [6, 6.07) is 8.55. The van der Waals surface area contributed by atoms with Crippen LogP contribution < -0.4 is 0 Å². The van der Waals surface area contributed by atoms with Crippen LogP contribution in [0.2, 0.25) is 0 Å². The van der Waals surface area contributed by atoms with Crippen LogP contribution in [0.4, 0.5) is 0 Å². The number of aryl methyl sites for hydroxylation is 2. The molecule has 3 aromatic rings. The first-order valence-electron chi connectivity index (χ1n) is 7.85. The molecule has 1 aromatic carbocycles. The smallest absolute Gasteiger partial charge is 0.123 e. The van der Waals surface area contributed by atoms with Crippen LogP contribution in [-0.4, -0.2) is 26.7 Å². The van der Waals surface area contributed by atoms with Crippen LogP contribution in [0, 0.1) is 6.92 Å². The van der Waals surface area contributed by atoms with Crippen LogP contribution >= 0.6 is 11.3 Å². The Morgan fingerprint density at radius 2 is 1.96 bits per heavy atom. The molecule has 0 atom stereocenters. The zero-order chi connectivity index (χ0) is 16.2. The quantitative estimate of drug-likeness (QED) is 0.687. The van der Waals surface area contributed by atoms with E-state index in [1.54, 1.807) is 11.3 Å². The van der Waals surface area contributed by atoms with E-state index >= 15 is 0 Å². The lowest BCUT2D eigenvalue weighted by atomic mass is 10.2. The molecule has 23 heavy (non-hydrogen) atoms. The largest absolute Gasteiger partial charge is 0.296 e. The van der Waals surface area contributed by atoms with Gasteiger partial charge in [0.25, 0.3) is 0 Å². The fourth-order valence-corrected chi connectivity index (χ4v) is 3.33. The molecule has 0 saturated heterocycles. The van der Waals surface area contributed by atoms with E-state index in [1.807, 2.05) is 10.9 Å². The lowest BCUT2D eigenvalue weighted by Gasteiger charge is -2.13. The maximum Gasteiger partial charge on any atom is 0.123 e. The molecule has 0 unspecified atom stereocenters. The van der Waals surface area contributed by atoms with Crippen molar-refractivity contribution in [1.29, 1.82) is 0 Å². The maximum absolute atomic E-state index is 4.77. The topological polar surface area (TPSA) is 34.0 Å². The molecule has 0 amide bonds. The molecule has 0 saturated carbocycles. The molecular formula is C18H22N4S. The third-order valence-electron chi connectivity index (χ3n) is 3.75. The summed E-state index contributed by atoms with van der Waals surface area (Å²) in [6.07, 6.45) is 4.05. The van der Waals surface area contributed by atoms with Gasteiger partial charge >= 0.3 is 0 Å². The second kappa shape index (κ2) is 7.06. The lowest BCUT2D eigenvalue weighted by Crippen LogP contribution is -2.17. The summed E-state index contributed by atoms with van der Waals surface area (Å²) in [5.41, 5.74) is 4.83. The Bertz CT molecular complexity index is 757. The van der Waals surface area contributed by atoms with Crippen molar-refractivity contribution in [3.05, 3.63) is 58.9 Å². The van der Waals surface area contributed by atoms with Crippen molar-refractivity contribution < 1.29 is 0 Å². The minimum absolute atomic E-state index is 0.847. The molecule has 0 aliphatic heterocycles. The minimum atomic E-state index is 0.847. The first kappa shape index (κ1) is 15.9. The monoisotopic (exact) mass is 326 g/mol. The van der Waals surface area contributed by atoms with E-state index in [1.165, 1.54) is 16.7 Å². The maximum atomic E-state index is 4.77. The molecule has 0 bridgehead atoms. The number of nitrogens with zero attached hydrogens (tertiary/aromatic N) is 4. The van der Waals surface area contributed by atoms with Crippen molar-refractivity contribution in [3.63, 3.8) is 0 Å². The van der Waals surface area contributed by atoms with Crippen molar-refractivity contribution in [2.45, 2.75) is 33.5 Å². The minimum Gasteiger partial charge on any atom is -0.296 e. The predicted octanol–water partition coefficient (Wildman–Crippen LogP) is 3.97. The van der Waals surface area contributed by atoms with Gasteiger partial charge in [-0.15, -0.1) is 11.3 Å². The zero-order valence-electron chi connectivity index (χ0n) is 13.9. The fraction of sp³-hybridized carbons (Fsp3) is 0.333. The number of benzene rings is 1. The van der Waals surface area contributed by atoms with E-state index in [0.29, 0.717) is 0 Å². The van der Waals surface area contributed by atoms with E-state index in [0.717, 1.165) is 30.3 Å². The molecule has 2 aromatic heterocycles. The summed E-state index contributed by atoms with van der Waals surface area (Å²) < 4.78 is 1.96. The van der Waals surface area contributed by atoms with Gasteiger partial charge in [0.05, 0.1) is 11.9 Å². The molecular weight excluding hydrogens is 304 g/mol. The summed E-state index contributed by atoms with van der Waals surface area (Å²) in [5.74, 6) is 0. The molecule has 4 nitrogen and oxygen atoms in total. The Morgan fingerprint density at radius 1 is 1.17 bits per heavy atom. The van der Waals surface area contributed by atoms with Crippen molar-refractivity contribution in [2.75, 3.05) is 7.05 Å². The van der Waals surface area contributed by atoms with Crippen LogP contribution in [0.15, 0.2) is 42.0 Å². The van der Waals surface area contributed by atoms with Gasteiger partial charge in [0.2, 0.25) is 0 Å². The summed E-state index contributed by atoms with van der Waals surface area (Å²) in [4.78, 5) is 7.04. The second-order valence-electron chi connectivity index (χ2n) is 5.89. The van der Waals surface area contributed by atoms with Gasteiger partial charge < -0.3 is 0 Å². The molecule has 2 heterocycles.